The molecule has 1 amide bonds. The van der Waals surface area contributed by atoms with Gasteiger partial charge in [0.05, 0.1) is 17.2 Å². The Morgan fingerprint density at radius 3 is 2.73 bits per heavy atom. The van der Waals surface area contributed by atoms with Gasteiger partial charge in [0.15, 0.2) is 0 Å². The van der Waals surface area contributed by atoms with Crippen molar-refractivity contribution in [2.75, 3.05) is 11.9 Å². The Morgan fingerprint density at radius 1 is 1.32 bits per heavy atom. The van der Waals surface area contributed by atoms with E-state index in [-0.39, 0.29) is 16.3 Å². The van der Waals surface area contributed by atoms with Crippen LogP contribution < -0.4 is 10.1 Å². The third-order valence-corrected chi connectivity index (χ3v) is 3.07. The average molecular weight is 321 g/mol. The van der Waals surface area contributed by atoms with Gasteiger partial charge in [-0.2, -0.15) is 0 Å². The third-order valence-electron chi connectivity index (χ3n) is 2.84. The molecule has 0 aliphatic carbocycles. The van der Waals surface area contributed by atoms with Gasteiger partial charge >= 0.3 is 0 Å². The summed E-state index contributed by atoms with van der Waals surface area (Å²) in [4.78, 5) is 22.7. The first-order chi connectivity index (χ1) is 10.5. The topological polar surface area (TPSA) is 81.5 Å². The number of nitrogens with zero attached hydrogens (tertiary/aromatic N) is 1. The minimum atomic E-state index is -0.625. The number of amides is 1. The molecular weight excluding hydrogens is 308 g/mol. The zero-order valence-corrected chi connectivity index (χ0v) is 12.5. The van der Waals surface area contributed by atoms with Crippen LogP contribution in [0, 0.1) is 10.1 Å². The second-order valence-electron chi connectivity index (χ2n) is 4.30. The first-order valence-corrected chi connectivity index (χ1v) is 6.88. The Labute approximate surface area is 131 Å². The number of para-hydroxylation sites is 2. The molecule has 0 aliphatic rings. The monoisotopic (exact) mass is 320 g/mol. The van der Waals surface area contributed by atoms with Gasteiger partial charge in [-0.3, -0.25) is 14.9 Å². The molecular formula is C15H13ClN2O4. The van der Waals surface area contributed by atoms with E-state index < -0.39 is 10.8 Å². The van der Waals surface area contributed by atoms with Crippen LogP contribution in [0.1, 0.15) is 17.3 Å². The molecule has 0 unspecified atom stereocenters. The number of hydrogen-bond acceptors (Lipinski definition) is 4. The minimum absolute atomic E-state index is 0.108. The van der Waals surface area contributed by atoms with Gasteiger partial charge in [-0.15, -0.1) is 0 Å². The van der Waals surface area contributed by atoms with E-state index in [2.05, 4.69) is 5.32 Å². The molecule has 0 aliphatic heterocycles. The molecule has 22 heavy (non-hydrogen) atoms. The van der Waals surface area contributed by atoms with Crippen molar-refractivity contribution in [2.24, 2.45) is 0 Å². The number of nitrogens with one attached hydrogen (secondary N) is 1. The molecule has 7 heteroatoms. The average Bonchev–Trinajstić information content (AvgIpc) is 2.49. The lowest BCUT2D eigenvalue weighted by Crippen LogP contribution is -2.14. The highest BCUT2D eigenvalue weighted by molar-refractivity contribution is 6.31. The number of nitro groups is 1. The van der Waals surface area contributed by atoms with Crippen molar-refractivity contribution in [1.82, 2.24) is 0 Å². The van der Waals surface area contributed by atoms with Gasteiger partial charge in [0, 0.05) is 11.1 Å². The van der Waals surface area contributed by atoms with E-state index in [9.17, 15) is 14.9 Å². The van der Waals surface area contributed by atoms with Crippen LogP contribution in [0.3, 0.4) is 0 Å². The number of anilines is 1. The van der Waals surface area contributed by atoms with Crippen LogP contribution in [0.4, 0.5) is 11.4 Å². The predicted molar refractivity (Wildman–Crippen MR) is 83.7 cm³/mol. The van der Waals surface area contributed by atoms with Gasteiger partial charge in [0.25, 0.3) is 11.6 Å². The van der Waals surface area contributed by atoms with Crippen LogP contribution in [0.25, 0.3) is 0 Å². The molecule has 0 radical (unpaired) electrons. The maximum absolute atomic E-state index is 12.3. The van der Waals surface area contributed by atoms with Crippen molar-refractivity contribution in [3.8, 4) is 5.75 Å². The van der Waals surface area contributed by atoms with Gasteiger partial charge in [-0.1, -0.05) is 23.7 Å². The summed E-state index contributed by atoms with van der Waals surface area (Å²) in [5.74, 6) is -0.135. The Hall–Kier alpha value is -2.60. The summed E-state index contributed by atoms with van der Waals surface area (Å²) in [5.41, 5.74) is 0.0169. The molecule has 0 spiro atoms. The minimum Gasteiger partial charge on any atom is -0.492 e. The van der Waals surface area contributed by atoms with E-state index in [1.807, 2.05) is 6.92 Å². The van der Waals surface area contributed by atoms with Gasteiger partial charge < -0.3 is 10.1 Å². The highest BCUT2D eigenvalue weighted by atomic mass is 35.5. The summed E-state index contributed by atoms with van der Waals surface area (Å²) in [6, 6.07) is 10.7. The lowest BCUT2D eigenvalue weighted by molar-refractivity contribution is -0.385. The predicted octanol–water partition coefficient (Wildman–Crippen LogP) is 3.90. The highest BCUT2D eigenvalue weighted by Gasteiger charge is 2.21. The fourth-order valence-electron chi connectivity index (χ4n) is 1.89. The second-order valence-corrected chi connectivity index (χ2v) is 4.74. The summed E-state index contributed by atoms with van der Waals surface area (Å²) in [6.45, 7) is 2.25. The molecule has 2 aromatic carbocycles. The van der Waals surface area contributed by atoms with Gasteiger partial charge in [0.2, 0.25) is 0 Å². The van der Waals surface area contributed by atoms with Crippen LogP contribution in [-0.2, 0) is 0 Å². The van der Waals surface area contributed by atoms with Crippen molar-refractivity contribution < 1.29 is 14.5 Å². The van der Waals surface area contributed by atoms with Crippen LogP contribution in [-0.4, -0.2) is 17.4 Å². The zero-order chi connectivity index (χ0) is 16.1. The second kappa shape index (κ2) is 6.91. The number of halogens is 1. The van der Waals surface area contributed by atoms with Crippen LogP contribution in [0.15, 0.2) is 42.5 Å². The van der Waals surface area contributed by atoms with Gasteiger partial charge in [-0.05, 0) is 31.2 Å². The molecule has 0 fully saturated rings. The lowest BCUT2D eigenvalue weighted by Gasteiger charge is -2.11. The van der Waals surface area contributed by atoms with Crippen molar-refractivity contribution in [3.05, 3.63) is 63.2 Å². The van der Waals surface area contributed by atoms with Crippen LogP contribution in [0.2, 0.25) is 5.02 Å². The molecule has 0 saturated carbocycles. The van der Waals surface area contributed by atoms with Crippen molar-refractivity contribution in [3.63, 3.8) is 0 Å². The molecule has 2 aromatic rings. The van der Waals surface area contributed by atoms with Gasteiger partial charge in [-0.25, -0.2) is 0 Å². The van der Waals surface area contributed by atoms with Crippen molar-refractivity contribution >= 4 is 28.9 Å². The quantitative estimate of drug-likeness (QED) is 0.669. The highest BCUT2D eigenvalue weighted by Crippen LogP contribution is 2.27. The maximum atomic E-state index is 12.3. The number of carbonyl (C=O) groups excluding carboxylic acids is 1. The maximum Gasteiger partial charge on any atom is 0.282 e. The molecule has 114 valence electrons. The zero-order valence-electron chi connectivity index (χ0n) is 11.7. The Kier molecular flexibility index (Phi) is 4.95. The fraction of sp³-hybridized carbons (Fsp3) is 0.133. The molecule has 0 bridgehead atoms. The Balaban J connectivity index is 2.34. The molecule has 0 saturated heterocycles. The summed E-state index contributed by atoms with van der Waals surface area (Å²) >= 11 is 5.82. The Morgan fingerprint density at radius 2 is 2.05 bits per heavy atom. The number of ether oxygens (including phenoxy) is 1. The van der Waals surface area contributed by atoms with E-state index in [4.69, 9.17) is 16.3 Å². The molecule has 1 N–H and O–H groups in total. The lowest BCUT2D eigenvalue weighted by atomic mass is 10.1. The van der Waals surface area contributed by atoms with E-state index in [1.54, 1.807) is 24.3 Å². The molecule has 0 atom stereocenters. The number of rotatable bonds is 5. The van der Waals surface area contributed by atoms with Crippen molar-refractivity contribution in [1.29, 1.82) is 0 Å². The SMILES string of the molecule is CCOc1ccccc1NC(=O)c1cc(Cl)ccc1[N+](=O)[O-]. The first kappa shape index (κ1) is 15.8. The van der Waals surface area contributed by atoms with Gasteiger partial charge in [0.1, 0.15) is 11.3 Å². The number of nitro benzene ring substituents is 1. The normalized spacial score (nSPS) is 10.1. The van der Waals surface area contributed by atoms with Crippen LogP contribution >= 0.6 is 11.6 Å². The summed E-state index contributed by atoms with van der Waals surface area (Å²) < 4.78 is 5.40. The van der Waals surface area contributed by atoms with E-state index >= 15 is 0 Å². The number of carbonyl (C=O) groups is 1. The largest absolute Gasteiger partial charge is 0.492 e. The summed E-state index contributed by atoms with van der Waals surface area (Å²) in [5, 5.41) is 13.9. The van der Waals surface area contributed by atoms with E-state index in [1.165, 1.54) is 18.2 Å². The number of benzene rings is 2. The third kappa shape index (κ3) is 3.53. The molecule has 6 nitrogen and oxygen atoms in total. The summed E-state index contributed by atoms with van der Waals surface area (Å²) in [7, 11) is 0. The molecule has 0 heterocycles. The fourth-order valence-corrected chi connectivity index (χ4v) is 2.06. The summed E-state index contributed by atoms with van der Waals surface area (Å²) in [6.07, 6.45) is 0. The molecule has 2 rings (SSSR count). The standard InChI is InChI=1S/C15H13ClN2O4/c1-2-22-14-6-4-3-5-12(14)17-15(19)11-9-10(16)7-8-13(11)18(20)21/h3-9H,2H2,1H3,(H,17,19). The first-order valence-electron chi connectivity index (χ1n) is 6.50. The smallest absolute Gasteiger partial charge is 0.282 e. The van der Waals surface area contributed by atoms with E-state index in [0.717, 1.165) is 0 Å². The molecule has 0 aromatic heterocycles. The van der Waals surface area contributed by atoms with Crippen LogP contribution in [0.5, 0.6) is 5.75 Å². The number of hydrogen-bond donors (Lipinski definition) is 1. The van der Waals surface area contributed by atoms with Crippen molar-refractivity contribution in [2.45, 2.75) is 6.92 Å². The Bertz CT molecular complexity index is 718. The van der Waals surface area contributed by atoms with E-state index in [0.29, 0.717) is 18.0 Å².